The first-order chi connectivity index (χ1) is 18.2. The maximum absolute atomic E-state index is 13.3. The van der Waals surface area contributed by atoms with Crippen LogP contribution in [0.25, 0.3) is 33.2 Å². The molecular weight excluding hydrogens is 476 g/mol. The first-order valence-electron chi connectivity index (χ1n) is 13.0. The van der Waals surface area contributed by atoms with Crippen molar-refractivity contribution >= 4 is 22.9 Å². The fraction of sp³-hybridized carbons (Fsp3) is 0.290. The lowest BCUT2D eigenvalue weighted by atomic mass is 9.98. The van der Waals surface area contributed by atoms with E-state index in [-0.39, 0.29) is 11.9 Å². The number of amides is 2. The van der Waals surface area contributed by atoms with E-state index < -0.39 is 11.7 Å². The van der Waals surface area contributed by atoms with Crippen LogP contribution in [-0.4, -0.2) is 41.7 Å². The summed E-state index contributed by atoms with van der Waals surface area (Å²) < 4.78 is 5.24. The van der Waals surface area contributed by atoms with Crippen molar-refractivity contribution in [1.29, 1.82) is 0 Å². The SMILES string of the molecule is CC(C)(C)OC(=O)NCCC[C@H](N)CNC(=O)c1[nH]c2ccc(-c3ccccc3)cc2c1-c1ccccc1. The van der Waals surface area contributed by atoms with Gasteiger partial charge in [0.1, 0.15) is 11.3 Å². The van der Waals surface area contributed by atoms with E-state index in [2.05, 4.69) is 39.9 Å². The van der Waals surface area contributed by atoms with Gasteiger partial charge in [-0.2, -0.15) is 0 Å². The van der Waals surface area contributed by atoms with Gasteiger partial charge in [0.2, 0.25) is 0 Å². The summed E-state index contributed by atoms with van der Waals surface area (Å²) >= 11 is 0. The van der Waals surface area contributed by atoms with Crippen LogP contribution in [0.2, 0.25) is 0 Å². The van der Waals surface area contributed by atoms with Crippen LogP contribution < -0.4 is 16.4 Å². The van der Waals surface area contributed by atoms with Gasteiger partial charge in [0, 0.05) is 35.6 Å². The number of H-pyrrole nitrogens is 1. The summed E-state index contributed by atoms with van der Waals surface area (Å²) in [7, 11) is 0. The van der Waals surface area contributed by atoms with E-state index in [1.807, 2.05) is 75.4 Å². The molecule has 7 heteroatoms. The molecule has 1 aromatic heterocycles. The minimum absolute atomic E-state index is 0.205. The molecule has 0 aliphatic heterocycles. The molecule has 0 fully saturated rings. The Hall–Kier alpha value is -4.10. The molecule has 0 saturated heterocycles. The Bertz CT molecular complexity index is 1380. The minimum atomic E-state index is -0.533. The highest BCUT2D eigenvalue weighted by Gasteiger charge is 2.20. The van der Waals surface area contributed by atoms with Gasteiger partial charge in [-0.15, -0.1) is 0 Å². The summed E-state index contributed by atoms with van der Waals surface area (Å²) in [6, 6.07) is 26.1. The molecule has 4 aromatic rings. The van der Waals surface area contributed by atoms with Gasteiger partial charge in [0.05, 0.1) is 0 Å². The van der Waals surface area contributed by atoms with E-state index in [1.165, 1.54) is 0 Å². The molecular formula is C31H36N4O3. The molecule has 5 N–H and O–H groups in total. The number of alkyl carbamates (subject to hydrolysis) is 1. The number of ether oxygens (including phenoxy) is 1. The quantitative estimate of drug-likeness (QED) is 0.210. The highest BCUT2D eigenvalue weighted by molar-refractivity contribution is 6.10. The normalized spacial score (nSPS) is 12.2. The highest BCUT2D eigenvalue weighted by atomic mass is 16.6. The molecule has 0 bridgehead atoms. The van der Waals surface area contributed by atoms with E-state index in [9.17, 15) is 9.59 Å². The number of rotatable bonds is 9. The second kappa shape index (κ2) is 12.0. The second-order valence-electron chi connectivity index (χ2n) is 10.4. The van der Waals surface area contributed by atoms with Gasteiger partial charge in [-0.25, -0.2) is 4.79 Å². The van der Waals surface area contributed by atoms with Gasteiger partial charge < -0.3 is 26.1 Å². The number of hydrogen-bond donors (Lipinski definition) is 4. The number of aromatic nitrogens is 1. The molecule has 38 heavy (non-hydrogen) atoms. The fourth-order valence-electron chi connectivity index (χ4n) is 4.36. The third-order valence-electron chi connectivity index (χ3n) is 6.14. The van der Waals surface area contributed by atoms with Gasteiger partial charge in [-0.3, -0.25) is 4.79 Å². The van der Waals surface area contributed by atoms with E-state index >= 15 is 0 Å². The van der Waals surface area contributed by atoms with E-state index in [1.54, 1.807) is 0 Å². The van der Waals surface area contributed by atoms with Gasteiger partial charge in [-0.1, -0.05) is 66.7 Å². The van der Waals surface area contributed by atoms with Crippen LogP contribution in [0.1, 0.15) is 44.1 Å². The number of carbonyl (C=O) groups excluding carboxylic acids is 2. The molecule has 0 spiro atoms. The van der Waals surface area contributed by atoms with Crippen LogP contribution in [0.4, 0.5) is 4.79 Å². The lowest BCUT2D eigenvalue weighted by Crippen LogP contribution is -2.38. The van der Waals surface area contributed by atoms with E-state index in [0.29, 0.717) is 31.6 Å². The summed E-state index contributed by atoms with van der Waals surface area (Å²) in [5.74, 6) is -0.205. The number of fused-ring (bicyclic) bond motifs is 1. The van der Waals surface area contributed by atoms with Crippen LogP contribution in [0.5, 0.6) is 0 Å². The molecule has 0 aliphatic rings. The van der Waals surface area contributed by atoms with Gasteiger partial charge in [0.25, 0.3) is 5.91 Å². The molecule has 4 rings (SSSR count). The highest BCUT2D eigenvalue weighted by Crippen LogP contribution is 2.35. The zero-order valence-corrected chi connectivity index (χ0v) is 22.2. The first kappa shape index (κ1) is 26.9. The summed E-state index contributed by atoms with van der Waals surface area (Å²) in [5.41, 5.74) is 11.2. The molecule has 0 saturated carbocycles. The fourth-order valence-corrected chi connectivity index (χ4v) is 4.36. The smallest absolute Gasteiger partial charge is 0.407 e. The molecule has 7 nitrogen and oxygen atoms in total. The third kappa shape index (κ3) is 7.01. The predicted molar refractivity (Wildman–Crippen MR) is 153 cm³/mol. The van der Waals surface area contributed by atoms with Crippen molar-refractivity contribution in [2.45, 2.75) is 45.3 Å². The molecule has 2 amide bonds. The maximum Gasteiger partial charge on any atom is 0.407 e. The summed E-state index contributed by atoms with van der Waals surface area (Å²) in [4.78, 5) is 28.5. The number of carbonyl (C=O) groups is 2. The molecule has 1 atom stereocenters. The van der Waals surface area contributed by atoms with Crippen LogP contribution in [0.15, 0.2) is 78.9 Å². The van der Waals surface area contributed by atoms with Crippen LogP contribution in [-0.2, 0) is 4.74 Å². The van der Waals surface area contributed by atoms with Crippen molar-refractivity contribution in [1.82, 2.24) is 15.6 Å². The molecule has 0 radical (unpaired) electrons. The van der Waals surface area contributed by atoms with Crippen molar-refractivity contribution in [2.24, 2.45) is 5.73 Å². The lowest BCUT2D eigenvalue weighted by Gasteiger charge is -2.20. The molecule has 0 aliphatic carbocycles. The number of nitrogens with one attached hydrogen (secondary N) is 3. The molecule has 1 heterocycles. The van der Waals surface area contributed by atoms with Gasteiger partial charge >= 0.3 is 6.09 Å². The standard InChI is InChI=1S/C31H36N4O3/c1-31(2,3)38-30(37)33-18-10-15-24(32)20-34-29(36)28-27(22-13-8-5-9-14-22)25-19-23(16-17-26(25)35-28)21-11-6-4-7-12-21/h4-9,11-14,16-17,19,24,35H,10,15,18,20,32H2,1-3H3,(H,33,37)(H,34,36)/t24-/m0/s1. The monoisotopic (exact) mass is 512 g/mol. The van der Waals surface area contributed by atoms with Crippen molar-refractivity contribution in [3.8, 4) is 22.3 Å². The minimum Gasteiger partial charge on any atom is -0.444 e. The lowest BCUT2D eigenvalue weighted by molar-refractivity contribution is 0.0526. The number of aromatic amines is 1. The molecule has 0 unspecified atom stereocenters. The van der Waals surface area contributed by atoms with Crippen molar-refractivity contribution in [3.05, 3.63) is 84.6 Å². The Morgan fingerprint density at radius 1 is 0.895 bits per heavy atom. The summed E-state index contributed by atoms with van der Waals surface area (Å²) in [6.07, 6.45) is 0.886. The zero-order chi connectivity index (χ0) is 27.1. The van der Waals surface area contributed by atoms with Crippen molar-refractivity contribution in [3.63, 3.8) is 0 Å². The summed E-state index contributed by atoms with van der Waals surface area (Å²) in [6.45, 7) is 6.25. The third-order valence-corrected chi connectivity index (χ3v) is 6.14. The number of hydrogen-bond acceptors (Lipinski definition) is 4. The Morgan fingerprint density at radius 2 is 1.55 bits per heavy atom. The number of nitrogens with two attached hydrogens (primary N) is 1. The average Bonchev–Trinajstić information content (AvgIpc) is 3.29. The maximum atomic E-state index is 13.3. The topological polar surface area (TPSA) is 109 Å². The molecule has 198 valence electrons. The van der Waals surface area contributed by atoms with Crippen LogP contribution in [0.3, 0.4) is 0 Å². The van der Waals surface area contributed by atoms with Crippen LogP contribution >= 0.6 is 0 Å². The first-order valence-corrected chi connectivity index (χ1v) is 13.0. The largest absolute Gasteiger partial charge is 0.444 e. The van der Waals surface area contributed by atoms with E-state index in [0.717, 1.165) is 33.2 Å². The Labute approximate surface area is 223 Å². The van der Waals surface area contributed by atoms with Crippen LogP contribution in [0, 0.1) is 0 Å². The predicted octanol–water partition coefficient (Wildman–Crippen LogP) is 5.86. The van der Waals surface area contributed by atoms with E-state index in [4.69, 9.17) is 10.5 Å². The Balaban J connectivity index is 1.45. The van der Waals surface area contributed by atoms with Gasteiger partial charge in [-0.05, 0) is 62.4 Å². The van der Waals surface area contributed by atoms with Crippen molar-refractivity contribution < 1.29 is 14.3 Å². The summed E-state index contributed by atoms with van der Waals surface area (Å²) in [5, 5.41) is 6.71. The average molecular weight is 513 g/mol. The van der Waals surface area contributed by atoms with Crippen molar-refractivity contribution in [2.75, 3.05) is 13.1 Å². The zero-order valence-electron chi connectivity index (χ0n) is 22.2. The number of benzene rings is 3. The second-order valence-corrected chi connectivity index (χ2v) is 10.4. The Morgan fingerprint density at radius 3 is 2.21 bits per heavy atom. The molecule has 3 aromatic carbocycles. The Kier molecular flexibility index (Phi) is 8.48. The van der Waals surface area contributed by atoms with Gasteiger partial charge in [0.15, 0.2) is 0 Å².